The fourth-order valence-electron chi connectivity index (χ4n) is 3.58. The Morgan fingerprint density at radius 1 is 1.28 bits per heavy atom. The van der Waals surface area contributed by atoms with Crippen molar-refractivity contribution in [1.29, 1.82) is 0 Å². The maximum absolute atomic E-state index is 13.2. The molecule has 0 amide bonds. The molecular formula is C20H32FN3O. The van der Waals surface area contributed by atoms with Crippen LogP contribution >= 0.6 is 0 Å². The molecule has 0 aromatic heterocycles. The number of rotatable bonds is 9. The molecule has 1 aliphatic rings. The topological polar surface area (TPSA) is 45.6 Å². The lowest BCUT2D eigenvalue weighted by Crippen LogP contribution is -2.44. The van der Waals surface area contributed by atoms with E-state index in [4.69, 9.17) is 4.74 Å². The zero-order chi connectivity index (χ0) is 18.0. The molecule has 1 fully saturated rings. The molecule has 140 valence electrons. The molecule has 0 atom stereocenters. The summed E-state index contributed by atoms with van der Waals surface area (Å²) in [5.74, 6) is 0.636. The van der Waals surface area contributed by atoms with Crippen molar-refractivity contribution in [2.24, 2.45) is 10.4 Å². The van der Waals surface area contributed by atoms with Crippen molar-refractivity contribution in [3.8, 4) is 0 Å². The largest absolute Gasteiger partial charge is 0.382 e. The second-order valence-electron chi connectivity index (χ2n) is 6.89. The average Bonchev–Trinajstić information content (AvgIpc) is 3.07. The number of halogens is 1. The average molecular weight is 349 g/mol. The van der Waals surface area contributed by atoms with Crippen LogP contribution in [0.2, 0.25) is 0 Å². The molecule has 2 N–H and O–H groups in total. The Morgan fingerprint density at radius 2 is 2.08 bits per heavy atom. The lowest BCUT2D eigenvalue weighted by Gasteiger charge is -2.30. The number of nitrogens with one attached hydrogen (secondary N) is 2. The Kier molecular flexibility index (Phi) is 8.19. The fourth-order valence-corrected chi connectivity index (χ4v) is 3.58. The van der Waals surface area contributed by atoms with Gasteiger partial charge in [0, 0.05) is 33.4 Å². The van der Waals surface area contributed by atoms with Gasteiger partial charge in [-0.15, -0.1) is 0 Å². The summed E-state index contributed by atoms with van der Waals surface area (Å²) in [4.78, 5) is 4.31. The van der Waals surface area contributed by atoms with Gasteiger partial charge in [0.25, 0.3) is 0 Å². The third-order valence-corrected chi connectivity index (χ3v) is 5.09. The summed E-state index contributed by atoms with van der Waals surface area (Å²) < 4.78 is 18.8. The van der Waals surface area contributed by atoms with Crippen LogP contribution in [-0.4, -0.2) is 39.3 Å². The molecular weight excluding hydrogens is 317 g/mol. The van der Waals surface area contributed by atoms with E-state index in [1.807, 2.05) is 13.0 Å². The van der Waals surface area contributed by atoms with E-state index in [1.54, 1.807) is 19.2 Å². The Hall–Kier alpha value is -1.62. The van der Waals surface area contributed by atoms with Crippen LogP contribution in [0.1, 0.15) is 44.6 Å². The molecule has 0 spiro atoms. The number of benzene rings is 1. The van der Waals surface area contributed by atoms with Gasteiger partial charge in [-0.3, -0.25) is 4.99 Å². The molecule has 2 rings (SSSR count). The fraction of sp³-hybridized carbons (Fsp3) is 0.650. The molecule has 1 aliphatic carbocycles. The molecule has 1 saturated carbocycles. The van der Waals surface area contributed by atoms with E-state index in [1.165, 1.54) is 31.7 Å². The quantitative estimate of drug-likeness (QED) is 0.407. The first-order valence-electron chi connectivity index (χ1n) is 9.44. The molecule has 1 aromatic carbocycles. The predicted octanol–water partition coefficient (Wildman–Crippen LogP) is 3.52. The van der Waals surface area contributed by atoms with Crippen LogP contribution in [0.15, 0.2) is 29.3 Å². The summed E-state index contributed by atoms with van der Waals surface area (Å²) in [7, 11) is 1.79. The molecule has 0 unspecified atom stereocenters. The molecule has 4 nitrogen and oxygen atoms in total. The zero-order valence-corrected chi connectivity index (χ0v) is 15.6. The number of ether oxygens (including phenoxy) is 1. The van der Waals surface area contributed by atoms with Crippen LogP contribution in [0, 0.1) is 11.2 Å². The van der Waals surface area contributed by atoms with Crippen molar-refractivity contribution in [3.05, 3.63) is 35.6 Å². The number of nitrogens with zero attached hydrogens (tertiary/aromatic N) is 1. The van der Waals surface area contributed by atoms with Gasteiger partial charge >= 0.3 is 0 Å². The lowest BCUT2D eigenvalue weighted by atomic mass is 9.83. The van der Waals surface area contributed by atoms with Crippen molar-refractivity contribution >= 4 is 5.96 Å². The molecule has 1 aromatic rings. The Bertz CT molecular complexity index is 541. The van der Waals surface area contributed by atoms with Gasteiger partial charge < -0.3 is 15.4 Å². The second kappa shape index (κ2) is 10.4. The zero-order valence-electron chi connectivity index (χ0n) is 15.6. The number of hydrogen-bond donors (Lipinski definition) is 2. The predicted molar refractivity (Wildman–Crippen MR) is 101 cm³/mol. The van der Waals surface area contributed by atoms with Crippen LogP contribution in [0.3, 0.4) is 0 Å². The molecule has 25 heavy (non-hydrogen) atoms. The maximum Gasteiger partial charge on any atom is 0.191 e. The number of aliphatic imine (C=N–C) groups is 1. The SMILES string of the molecule is CCOCCC1(CNC(=NC)NCCc2cccc(F)c2)CCCC1. The minimum Gasteiger partial charge on any atom is -0.382 e. The van der Waals surface area contributed by atoms with Gasteiger partial charge in [0.1, 0.15) is 5.82 Å². The van der Waals surface area contributed by atoms with Gasteiger partial charge in [0.15, 0.2) is 5.96 Å². The summed E-state index contributed by atoms with van der Waals surface area (Å²) in [6, 6.07) is 6.75. The summed E-state index contributed by atoms with van der Waals surface area (Å²) in [6.07, 6.45) is 7.00. The van der Waals surface area contributed by atoms with Crippen molar-refractivity contribution in [2.45, 2.75) is 45.4 Å². The van der Waals surface area contributed by atoms with E-state index in [0.717, 1.165) is 50.7 Å². The van der Waals surface area contributed by atoms with Crippen molar-refractivity contribution in [1.82, 2.24) is 10.6 Å². The van der Waals surface area contributed by atoms with E-state index in [9.17, 15) is 4.39 Å². The Balaban J connectivity index is 1.76. The van der Waals surface area contributed by atoms with Gasteiger partial charge in [0.05, 0.1) is 0 Å². The third kappa shape index (κ3) is 6.65. The van der Waals surface area contributed by atoms with Crippen LogP contribution in [0.25, 0.3) is 0 Å². The first-order chi connectivity index (χ1) is 12.2. The van der Waals surface area contributed by atoms with Gasteiger partial charge in [0.2, 0.25) is 0 Å². The Labute approximate surface area is 151 Å². The highest BCUT2D eigenvalue weighted by Crippen LogP contribution is 2.40. The van der Waals surface area contributed by atoms with Crippen LogP contribution < -0.4 is 10.6 Å². The normalized spacial score (nSPS) is 16.8. The highest BCUT2D eigenvalue weighted by atomic mass is 19.1. The molecule has 0 heterocycles. The van der Waals surface area contributed by atoms with Crippen LogP contribution in [-0.2, 0) is 11.2 Å². The van der Waals surface area contributed by atoms with E-state index in [-0.39, 0.29) is 5.82 Å². The number of guanidine groups is 1. The monoisotopic (exact) mass is 349 g/mol. The van der Waals surface area contributed by atoms with Crippen molar-refractivity contribution in [3.63, 3.8) is 0 Å². The first-order valence-corrected chi connectivity index (χ1v) is 9.44. The molecule has 0 radical (unpaired) electrons. The highest BCUT2D eigenvalue weighted by Gasteiger charge is 2.33. The third-order valence-electron chi connectivity index (χ3n) is 5.09. The summed E-state index contributed by atoms with van der Waals surface area (Å²) in [5.41, 5.74) is 1.32. The second-order valence-corrected chi connectivity index (χ2v) is 6.89. The maximum atomic E-state index is 13.2. The highest BCUT2D eigenvalue weighted by molar-refractivity contribution is 5.79. The number of hydrogen-bond acceptors (Lipinski definition) is 2. The van der Waals surface area contributed by atoms with E-state index < -0.39 is 0 Å². The molecule has 0 aliphatic heterocycles. The van der Waals surface area contributed by atoms with Crippen molar-refractivity contribution < 1.29 is 9.13 Å². The van der Waals surface area contributed by atoms with E-state index >= 15 is 0 Å². The van der Waals surface area contributed by atoms with Crippen LogP contribution in [0.4, 0.5) is 4.39 Å². The van der Waals surface area contributed by atoms with Gasteiger partial charge in [-0.25, -0.2) is 4.39 Å². The minimum atomic E-state index is -0.183. The van der Waals surface area contributed by atoms with E-state index in [2.05, 4.69) is 15.6 Å². The summed E-state index contributed by atoms with van der Waals surface area (Å²) in [6.45, 7) is 5.33. The van der Waals surface area contributed by atoms with Gasteiger partial charge in [-0.05, 0) is 55.7 Å². The van der Waals surface area contributed by atoms with Crippen LogP contribution in [0.5, 0.6) is 0 Å². The lowest BCUT2D eigenvalue weighted by molar-refractivity contribution is 0.105. The summed E-state index contributed by atoms with van der Waals surface area (Å²) >= 11 is 0. The molecule has 5 heteroatoms. The molecule has 0 saturated heterocycles. The minimum absolute atomic E-state index is 0.183. The Morgan fingerprint density at radius 3 is 2.76 bits per heavy atom. The first kappa shape index (κ1) is 19.7. The molecule has 0 bridgehead atoms. The van der Waals surface area contributed by atoms with Gasteiger partial charge in [-0.2, -0.15) is 0 Å². The smallest absolute Gasteiger partial charge is 0.191 e. The van der Waals surface area contributed by atoms with E-state index in [0.29, 0.717) is 5.41 Å². The standard InChI is InChI=1S/C20H32FN3O/c1-3-25-14-12-20(10-4-5-11-20)16-24-19(22-2)23-13-9-17-7-6-8-18(21)15-17/h6-8,15H,3-5,9-14,16H2,1-2H3,(H2,22,23,24). The van der Waals surface area contributed by atoms with Gasteiger partial charge in [-0.1, -0.05) is 25.0 Å². The van der Waals surface area contributed by atoms with Crippen molar-refractivity contribution in [2.75, 3.05) is 33.4 Å². The summed E-state index contributed by atoms with van der Waals surface area (Å²) in [5, 5.41) is 6.82.